The maximum atomic E-state index is 12.5. The molecule has 0 unspecified atom stereocenters. The highest BCUT2D eigenvalue weighted by molar-refractivity contribution is 6.06. The van der Waals surface area contributed by atoms with Crippen LogP contribution in [0.25, 0.3) is 0 Å². The number of anilines is 1. The van der Waals surface area contributed by atoms with Crippen LogP contribution in [0.5, 0.6) is 11.5 Å². The third-order valence-electron chi connectivity index (χ3n) is 4.09. The van der Waals surface area contributed by atoms with Gasteiger partial charge in [-0.1, -0.05) is 25.8 Å². The third kappa shape index (κ3) is 5.74. The minimum atomic E-state index is -0.303. The lowest BCUT2D eigenvalue weighted by atomic mass is 10.1. The molecule has 0 saturated heterocycles. The van der Waals surface area contributed by atoms with Crippen molar-refractivity contribution in [3.63, 3.8) is 0 Å². The summed E-state index contributed by atoms with van der Waals surface area (Å²) in [4.78, 5) is 24.7. The molecule has 0 heterocycles. The van der Waals surface area contributed by atoms with Crippen LogP contribution in [-0.4, -0.2) is 32.6 Å². The Bertz CT molecular complexity index is 790. The molecule has 144 valence electrons. The van der Waals surface area contributed by atoms with Crippen molar-refractivity contribution in [2.45, 2.75) is 26.2 Å². The Balaban J connectivity index is 2.05. The SMILES string of the molecule is CCCCCNC(=O)c1cccc(C(=O)Nc2ccc(OC)c(OC)c2)c1. The van der Waals surface area contributed by atoms with Crippen molar-refractivity contribution in [1.29, 1.82) is 0 Å². The van der Waals surface area contributed by atoms with E-state index in [-0.39, 0.29) is 11.8 Å². The molecule has 6 heteroatoms. The van der Waals surface area contributed by atoms with Crippen LogP contribution in [0.1, 0.15) is 46.9 Å². The minimum absolute atomic E-state index is 0.174. The van der Waals surface area contributed by atoms with Gasteiger partial charge in [0.05, 0.1) is 14.2 Å². The van der Waals surface area contributed by atoms with Crippen LogP contribution in [0.2, 0.25) is 0 Å². The lowest BCUT2D eigenvalue weighted by Gasteiger charge is -2.11. The highest BCUT2D eigenvalue weighted by Gasteiger charge is 2.12. The van der Waals surface area contributed by atoms with Gasteiger partial charge in [0.1, 0.15) is 0 Å². The van der Waals surface area contributed by atoms with E-state index >= 15 is 0 Å². The van der Waals surface area contributed by atoms with Crippen molar-refractivity contribution >= 4 is 17.5 Å². The number of carbonyl (C=O) groups excluding carboxylic acids is 2. The molecule has 0 fully saturated rings. The normalized spacial score (nSPS) is 10.2. The third-order valence-corrected chi connectivity index (χ3v) is 4.09. The molecule has 2 aromatic carbocycles. The Kier molecular flexibility index (Phi) is 7.67. The zero-order valence-corrected chi connectivity index (χ0v) is 16.0. The van der Waals surface area contributed by atoms with Gasteiger partial charge in [0, 0.05) is 29.4 Å². The van der Waals surface area contributed by atoms with Gasteiger partial charge in [-0.25, -0.2) is 0 Å². The van der Waals surface area contributed by atoms with E-state index in [4.69, 9.17) is 9.47 Å². The molecule has 0 radical (unpaired) electrons. The number of carbonyl (C=O) groups is 2. The smallest absolute Gasteiger partial charge is 0.255 e. The predicted molar refractivity (Wildman–Crippen MR) is 106 cm³/mol. The Morgan fingerprint density at radius 1 is 0.889 bits per heavy atom. The average Bonchev–Trinajstić information content (AvgIpc) is 2.71. The number of unbranched alkanes of at least 4 members (excludes halogenated alkanes) is 2. The standard InChI is InChI=1S/C21H26N2O4/c1-4-5-6-12-22-20(24)15-8-7-9-16(13-15)21(25)23-17-10-11-18(26-2)19(14-17)27-3/h7-11,13-14H,4-6,12H2,1-3H3,(H,22,24)(H,23,25). The van der Waals surface area contributed by atoms with E-state index in [0.717, 1.165) is 19.3 Å². The molecule has 27 heavy (non-hydrogen) atoms. The van der Waals surface area contributed by atoms with Crippen LogP contribution in [0, 0.1) is 0 Å². The first kappa shape index (κ1) is 20.3. The first-order valence-electron chi connectivity index (χ1n) is 9.00. The minimum Gasteiger partial charge on any atom is -0.493 e. The van der Waals surface area contributed by atoms with E-state index in [1.54, 1.807) is 49.6 Å². The molecule has 0 saturated carbocycles. The average molecular weight is 370 g/mol. The fraction of sp³-hybridized carbons (Fsp3) is 0.333. The van der Waals surface area contributed by atoms with E-state index in [0.29, 0.717) is 34.9 Å². The van der Waals surface area contributed by atoms with E-state index in [1.807, 2.05) is 0 Å². The number of rotatable bonds is 9. The molecule has 0 aromatic heterocycles. The first-order chi connectivity index (χ1) is 13.1. The number of nitrogens with one attached hydrogen (secondary N) is 2. The van der Waals surface area contributed by atoms with E-state index in [2.05, 4.69) is 17.6 Å². The highest BCUT2D eigenvalue weighted by atomic mass is 16.5. The lowest BCUT2D eigenvalue weighted by molar-refractivity contribution is 0.0953. The van der Waals surface area contributed by atoms with Gasteiger partial charge in [-0.3, -0.25) is 9.59 Å². The topological polar surface area (TPSA) is 76.7 Å². The molecule has 0 bridgehead atoms. The van der Waals surface area contributed by atoms with E-state index < -0.39 is 0 Å². The Labute approximate surface area is 159 Å². The molecule has 0 aliphatic heterocycles. The van der Waals surface area contributed by atoms with E-state index in [9.17, 15) is 9.59 Å². The molecule has 0 atom stereocenters. The molecule has 6 nitrogen and oxygen atoms in total. The van der Waals surface area contributed by atoms with Crippen molar-refractivity contribution in [2.24, 2.45) is 0 Å². The Hall–Kier alpha value is -3.02. The fourth-order valence-electron chi connectivity index (χ4n) is 2.60. The molecule has 0 spiro atoms. The van der Waals surface area contributed by atoms with Crippen LogP contribution in [0.3, 0.4) is 0 Å². The van der Waals surface area contributed by atoms with Crippen molar-refractivity contribution in [2.75, 3.05) is 26.1 Å². The summed E-state index contributed by atoms with van der Waals surface area (Å²) in [7, 11) is 3.08. The number of benzene rings is 2. The van der Waals surface area contributed by atoms with Crippen molar-refractivity contribution < 1.29 is 19.1 Å². The monoisotopic (exact) mass is 370 g/mol. The summed E-state index contributed by atoms with van der Waals surface area (Å²) in [5.74, 6) is 0.627. The van der Waals surface area contributed by atoms with Crippen LogP contribution in [-0.2, 0) is 0 Å². The molecule has 0 aliphatic carbocycles. The van der Waals surface area contributed by atoms with E-state index in [1.165, 1.54) is 7.11 Å². The summed E-state index contributed by atoms with van der Waals surface area (Å²) in [5, 5.41) is 5.68. The van der Waals surface area contributed by atoms with Crippen LogP contribution in [0.4, 0.5) is 5.69 Å². The van der Waals surface area contributed by atoms with Crippen LogP contribution < -0.4 is 20.1 Å². The van der Waals surface area contributed by atoms with Gasteiger partial charge < -0.3 is 20.1 Å². The quantitative estimate of drug-likeness (QED) is 0.657. The van der Waals surface area contributed by atoms with Gasteiger partial charge in [-0.05, 0) is 36.8 Å². The van der Waals surface area contributed by atoms with Crippen molar-refractivity contribution in [3.8, 4) is 11.5 Å². The van der Waals surface area contributed by atoms with Gasteiger partial charge in [0.2, 0.25) is 0 Å². The maximum Gasteiger partial charge on any atom is 0.255 e. The number of amides is 2. The maximum absolute atomic E-state index is 12.5. The summed E-state index contributed by atoms with van der Waals surface area (Å²) in [6.07, 6.45) is 3.12. The summed E-state index contributed by atoms with van der Waals surface area (Å²) in [6.45, 7) is 2.75. The van der Waals surface area contributed by atoms with Crippen molar-refractivity contribution in [3.05, 3.63) is 53.6 Å². The van der Waals surface area contributed by atoms with Gasteiger partial charge >= 0.3 is 0 Å². The molecule has 2 rings (SSSR count). The summed E-state index contributed by atoms with van der Waals surface area (Å²) in [6, 6.07) is 11.8. The largest absolute Gasteiger partial charge is 0.493 e. The molecule has 2 aromatic rings. The van der Waals surface area contributed by atoms with Crippen LogP contribution >= 0.6 is 0 Å². The molecular formula is C21H26N2O4. The van der Waals surface area contributed by atoms with Gasteiger partial charge in [0.25, 0.3) is 11.8 Å². The van der Waals surface area contributed by atoms with Gasteiger partial charge in [-0.2, -0.15) is 0 Å². The Morgan fingerprint density at radius 2 is 1.59 bits per heavy atom. The number of hydrogen-bond donors (Lipinski definition) is 2. The summed E-state index contributed by atoms with van der Waals surface area (Å²) < 4.78 is 10.4. The number of ether oxygens (including phenoxy) is 2. The number of hydrogen-bond acceptors (Lipinski definition) is 4. The second-order valence-corrected chi connectivity index (χ2v) is 6.07. The van der Waals surface area contributed by atoms with Gasteiger partial charge in [0.15, 0.2) is 11.5 Å². The zero-order chi connectivity index (χ0) is 19.6. The lowest BCUT2D eigenvalue weighted by Crippen LogP contribution is -2.24. The predicted octanol–water partition coefficient (Wildman–Crippen LogP) is 3.88. The summed E-state index contributed by atoms with van der Waals surface area (Å²) in [5.41, 5.74) is 1.45. The summed E-state index contributed by atoms with van der Waals surface area (Å²) >= 11 is 0. The second kappa shape index (κ2) is 10.2. The number of methoxy groups -OCH3 is 2. The molecule has 0 aliphatic rings. The second-order valence-electron chi connectivity index (χ2n) is 6.07. The molecular weight excluding hydrogens is 344 g/mol. The van der Waals surface area contributed by atoms with Gasteiger partial charge in [-0.15, -0.1) is 0 Å². The highest BCUT2D eigenvalue weighted by Crippen LogP contribution is 2.29. The fourth-order valence-corrected chi connectivity index (χ4v) is 2.60. The zero-order valence-electron chi connectivity index (χ0n) is 16.0. The molecule has 2 amide bonds. The van der Waals surface area contributed by atoms with Crippen molar-refractivity contribution in [1.82, 2.24) is 5.32 Å². The molecule has 2 N–H and O–H groups in total. The Morgan fingerprint density at radius 3 is 2.26 bits per heavy atom. The van der Waals surface area contributed by atoms with Crippen LogP contribution in [0.15, 0.2) is 42.5 Å². The first-order valence-corrected chi connectivity index (χ1v) is 9.00.